The van der Waals surface area contributed by atoms with Crippen LogP contribution in [0.15, 0.2) is 23.1 Å². The predicted octanol–water partition coefficient (Wildman–Crippen LogP) is 2.42. The lowest BCUT2D eigenvalue weighted by Crippen LogP contribution is -2.52. The van der Waals surface area contributed by atoms with Gasteiger partial charge in [0.15, 0.2) is 0 Å². The summed E-state index contributed by atoms with van der Waals surface area (Å²) < 4.78 is 33.0. The van der Waals surface area contributed by atoms with Crippen molar-refractivity contribution < 1.29 is 22.7 Å². The summed E-state index contributed by atoms with van der Waals surface area (Å²) in [4.78, 5) is 26.8. The number of rotatable bonds is 6. The second-order valence-electron chi connectivity index (χ2n) is 11.1. The van der Waals surface area contributed by atoms with Crippen molar-refractivity contribution in [2.24, 2.45) is 16.7 Å². The van der Waals surface area contributed by atoms with Gasteiger partial charge in [0.05, 0.1) is 18.6 Å². The molecular formula is C25H37N3O5S. The summed E-state index contributed by atoms with van der Waals surface area (Å²) >= 11 is 0. The highest BCUT2D eigenvalue weighted by Gasteiger charge is 2.59. The number of esters is 1. The number of benzene rings is 1. The molecule has 1 heterocycles. The molecule has 2 saturated carbocycles. The van der Waals surface area contributed by atoms with Crippen LogP contribution in [0, 0.1) is 23.7 Å². The molecule has 1 saturated heterocycles. The highest BCUT2D eigenvalue weighted by molar-refractivity contribution is 7.89. The number of aryl methyl sites for hydroxylation is 1. The van der Waals surface area contributed by atoms with E-state index in [0.29, 0.717) is 30.1 Å². The van der Waals surface area contributed by atoms with Crippen LogP contribution < -0.4 is 5.32 Å². The molecule has 4 rings (SSSR count). The second-order valence-corrected chi connectivity index (χ2v) is 13.0. The highest BCUT2D eigenvalue weighted by Crippen LogP contribution is 2.62. The number of hydrogen-bond donors (Lipinski definition) is 1. The Kier molecular flexibility index (Phi) is 6.59. The maximum absolute atomic E-state index is 13.5. The zero-order valence-corrected chi connectivity index (χ0v) is 21.7. The topological polar surface area (TPSA) is 96.0 Å². The third kappa shape index (κ3) is 4.38. The molecule has 3 aliphatic rings. The van der Waals surface area contributed by atoms with Crippen molar-refractivity contribution in [2.75, 3.05) is 39.8 Å². The highest BCUT2D eigenvalue weighted by atomic mass is 32.2. The Morgan fingerprint density at radius 3 is 2.41 bits per heavy atom. The first-order valence-electron chi connectivity index (χ1n) is 12.1. The van der Waals surface area contributed by atoms with Crippen LogP contribution in [-0.2, 0) is 19.6 Å². The SMILES string of the molecule is COC(=O)CN1CCN(S(=O)(=O)c2cc(C(=O)NC3C(C)(C)[C@H]4CC[C@@]3(C)C4)ccc2C)CC1. The lowest BCUT2D eigenvalue weighted by molar-refractivity contribution is -0.142. The zero-order chi connectivity index (χ0) is 24.9. The smallest absolute Gasteiger partial charge is 0.319 e. The van der Waals surface area contributed by atoms with Gasteiger partial charge in [-0.15, -0.1) is 0 Å². The summed E-state index contributed by atoms with van der Waals surface area (Å²) in [5.74, 6) is 0.0548. The van der Waals surface area contributed by atoms with Crippen LogP contribution in [0.3, 0.4) is 0 Å². The van der Waals surface area contributed by atoms with E-state index in [0.717, 1.165) is 12.8 Å². The van der Waals surface area contributed by atoms with Gasteiger partial charge >= 0.3 is 5.97 Å². The van der Waals surface area contributed by atoms with E-state index in [1.54, 1.807) is 19.1 Å². The van der Waals surface area contributed by atoms with Gasteiger partial charge in [0.1, 0.15) is 0 Å². The quantitative estimate of drug-likeness (QED) is 0.614. The van der Waals surface area contributed by atoms with Gasteiger partial charge in [0.25, 0.3) is 5.91 Å². The first-order chi connectivity index (χ1) is 15.9. The molecule has 188 valence electrons. The predicted molar refractivity (Wildman–Crippen MR) is 129 cm³/mol. The van der Waals surface area contributed by atoms with E-state index in [1.807, 2.05) is 4.90 Å². The van der Waals surface area contributed by atoms with E-state index in [1.165, 1.54) is 23.9 Å². The molecular weight excluding hydrogens is 454 g/mol. The molecule has 2 bridgehead atoms. The van der Waals surface area contributed by atoms with E-state index >= 15 is 0 Å². The number of hydrogen-bond acceptors (Lipinski definition) is 6. The third-order valence-electron chi connectivity index (χ3n) is 8.52. The summed E-state index contributed by atoms with van der Waals surface area (Å²) in [6.07, 6.45) is 3.44. The Labute approximate surface area is 203 Å². The molecule has 1 aromatic carbocycles. The van der Waals surface area contributed by atoms with Gasteiger partial charge in [-0.05, 0) is 60.6 Å². The molecule has 2 aliphatic carbocycles. The average Bonchev–Trinajstić information content (AvgIpc) is 3.28. The molecule has 3 atom stereocenters. The Morgan fingerprint density at radius 1 is 1.15 bits per heavy atom. The van der Waals surface area contributed by atoms with Gasteiger partial charge in [-0.2, -0.15) is 4.31 Å². The number of nitrogens with zero attached hydrogens (tertiary/aromatic N) is 2. The number of methoxy groups -OCH3 is 1. The normalized spacial score (nSPS) is 29.2. The number of piperazine rings is 1. The number of ether oxygens (including phenoxy) is 1. The van der Waals surface area contributed by atoms with Crippen molar-refractivity contribution in [3.8, 4) is 0 Å². The standard InChI is InChI=1S/C25H37N3O5S/c1-17-6-7-18(22(30)26-23-24(2,3)19-8-9-25(23,4)15-19)14-20(17)34(31,32)28-12-10-27(11-13-28)16-21(29)33-5/h6-7,14,19,23H,8-13,15-16H2,1-5H3,(H,26,30)/t19-,23?,25-/m0/s1. The Hall–Kier alpha value is -1.97. The fourth-order valence-electron chi connectivity index (χ4n) is 6.41. The number of sulfonamides is 1. The summed E-state index contributed by atoms with van der Waals surface area (Å²) in [7, 11) is -2.43. The third-order valence-corrected chi connectivity index (χ3v) is 10.6. The first kappa shape index (κ1) is 25.1. The van der Waals surface area contributed by atoms with Crippen molar-refractivity contribution in [1.29, 1.82) is 0 Å². The molecule has 0 radical (unpaired) electrons. The van der Waals surface area contributed by atoms with Gasteiger partial charge in [-0.25, -0.2) is 8.42 Å². The molecule has 9 heteroatoms. The van der Waals surface area contributed by atoms with Gasteiger partial charge in [-0.3, -0.25) is 14.5 Å². The number of fused-ring (bicyclic) bond motifs is 2. The maximum Gasteiger partial charge on any atom is 0.319 e. The molecule has 1 aromatic rings. The number of nitrogens with one attached hydrogen (secondary N) is 1. The van der Waals surface area contributed by atoms with E-state index in [2.05, 4.69) is 26.1 Å². The van der Waals surface area contributed by atoms with Gasteiger partial charge < -0.3 is 10.1 Å². The van der Waals surface area contributed by atoms with Crippen molar-refractivity contribution in [3.63, 3.8) is 0 Å². The lowest BCUT2D eigenvalue weighted by atomic mass is 9.68. The monoisotopic (exact) mass is 491 g/mol. The zero-order valence-electron chi connectivity index (χ0n) is 20.9. The molecule has 1 N–H and O–H groups in total. The van der Waals surface area contributed by atoms with Crippen LogP contribution in [0.25, 0.3) is 0 Å². The minimum absolute atomic E-state index is 0.0200. The van der Waals surface area contributed by atoms with E-state index in [-0.39, 0.29) is 53.3 Å². The number of carbonyl (C=O) groups excluding carboxylic acids is 2. The molecule has 0 aromatic heterocycles. The van der Waals surface area contributed by atoms with Gasteiger partial charge in [-0.1, -0.05) is 26.8 Å². The van der Waals surface area contributed by atoms with Crippen molar-refractivity contribution >= 4 is 21.9 Å². The largest absolute Gasteiger partial charge is 0.468 e. The van der Waals surface area contributed by atoms with Crippen molar-refractivity contribution in [1.82, 2.24) is 14.5 Å². The summed E-state index contributed by atoms with van der Waals surface area (Å²) in [6.45, 7) is 10.1. The first-order valence-corrected chi connectivity index (χ1v) is 13.5. The second kappa shape index (κ2) is 8.91. The molecule has 3 fully saturated rings. The molecule has 1 unspecified atom stereocenters. The van der Waals surface area contributed by atoms with E-state index < -0.39 is 10.0 Å². The van der Waals surface area contributed by atoms with Crippen LogP contribution >= 0.6 is 0 Å². The van der Waals surface area contributed by atoms with Gasteiger partial charge in [0.2, 0.25) is 10.0 Å². The number of carbonyl (C=O) groups is 2. The minimum atomic E-state index is -3.77. The molecule has 0 spiro atoms. The van der Waals surface area contributed by atoms with Crippen molar-refractivity contribution in [2.45, 2.75) is 57.9 Å². The van der Waals surface area contributed by atoms with E-state index in [4.69, 9.17) is 4.74 Å². The average molecular weight is 492 g/mol. The molecule has 1 amide bonds. The number of amides is 1. The summed E-state index contributed by atoms with van der Waals surface area (Å²) in [5, 5.41) is 3.27. The summed E-state index contributed by atoms with van der Waals surface area (Å²) in [6, 6.07) is 5.00. The molecule has 1 aliphatic heterocycles. The van der Waals surface area contributed by atoms with Crippen LogP contribution in [0.2, 0.25) is 0 Å². The Bertz CT molecular complexity index is 1070. The van der Waals surface area contributed by atoms with Gasteiger partial charge in [0, 0.05) is 37.8 Å². The van der Waals surface area contributed by atoms with E-state index in [9.17, 15) is 18.0 Å². The van der Waals surface area contributed by atoms with Crippen LogP contribution in [0.1, 0.15) is 56.0 Å². The van der Waals surface area contributed by atoms with Crippen LogP contribution in [0.4, 0.5) is 0 Å². The Morgan fingerprint density at radius 2 is 1.82 bits per heavy atom. The molecule has 34 heavy (non-hydrogen) atoms. The fourth-order valence-corrected chi connectivity index (χ4v) is 8.08. The van der Waals surface area contributed by atoms with Crippen LogP contribution in [0.5, 0.6) is 0 Å². The Balaban J connectivity index is 1.50. The lowest BCUT2D eigenvalue weighted by Gasteiger charge is -2.43. The fraction of sp³-hybridized carbons (Fsp3) is 0.680. The van der Waals surface area contributed by atoms with Crippen molar-refractivity contribution in [3.05, 3.63) is 29.3 Å². The summed E-state index contributed by atoms with van der Waals surface area (Å²) in [5.41, 5.74) is 1.09. The van der Waals surface area contributed by atoms with Crippen LogP contribution in [-0.4, -0.2) is 75.4 Å². The molecule has 8 nitrogen and oxygen atoms in total. The maximum atomic E-state index is 13.5. The minimum Gasteiger partial charge on any atom is -0.468 e.